The van der Waals surface area contributed by atoms with E-state index in [0.717, 1.165) is 39.4 Å². The lowest BCUT2D eigenvalue weighted by molar-refractivity contribution is 0.122. The molecule has 6 nitrogen and oxygen atoms in total. The zero-order valence-electron chi connectivity index (χ0n) is 15.8. The summed E-state index contributed by atoms with van der Waals surface area (Å²) in [7, 11) is 0. The summed E-state index contributed by atoms with van der Waals surface area (Å²) in [5.74, 6) is -0.359. The first-order chi connectivity index (χ1) is 13.7. The largest absolute Gasteiger partial charge is 0.378 e. The van der Waals surface area contributed by atoms with E-state index in [0.29, 0.717) is 18.8 Å². The molecule has 0 aliphatic carbocycles. The molecule has 1 N–H and O–H groups in total. The first kappa shape index (κ1) is 18.6. The lowest BCUT2D eigenvalue weighted by atomic mass is 10.2. The number of hydrogen-bond acceptors (Lipinski definition) is 4. The molecule has 0 radical (unpaired) electrons. The Morgan fingerprint density at radius 2 is 1.50 bits per heavy atom. The van der Waals surface area contributed by atoms with E-state index in [9.17, 15) is 9.18 Å². The summed E-state index contributed by atoms with van der Waals surface area (Å²) < 4.78 is 18.8. The number of rotatable bonds is 3. The van der Waals surface area contributed by atoms with Gasteiger partial charge in [0.05, 0.1) is 24.6 Å². The van der Waals surface area contributed by atoms with Crippen LogP contribution in [0.25, 0.3) is 0 Å². The number of para-hydroxylation sites is 2. The summed E-state index contributed by atoms with van der Waals surface area (Å²) in [6, 6.07) is 14.2. The fraction of sp³-hybridized carbons (Fsp3) is 0.381. The highest BCUT2D eigenvalue weighted by molar-refractivity contribution is 5.89. The number of piperazine rings is 1. The van der Waals surface area contributed by atoms with Crippen molar-refractivity contribution in [1.29, 1.82) is 0 Å². The van der Waals surface area contributed by atoms with Gasteiger partial charge in [0, 0.05) is 45.0 Å². The Hall–Kier alpha value is -2.80. The maximum Gasteiger partial charge on any atom is 0.321 e. The number of amides is 2. The maximum absolute atomic E-state index is 13.3. The number of carbonyl (C=O) groups is 1. The number of morpholine rings is 1. The predicted molar refractivity (Wildman–Crippen MR) is 109 cm³/mol. The van der Waals surface area contributed by atoms with Gasteiger partial charge in [-0.1, -0.05) is 18.2 Å². The normalized spacial score (nSPS) is 17.5. The summed E-state index contributed by atoms with van der Waals surface area (Å²) >= 11 is 0. The Balaban J connectivity index is 1.38. The maximum atomic E-state index is 13.3. The van der Waals surface area contributed by atoms with Gasteiger partial charge >= 0.3 is 6.03 Å². The molecule has 2 saturated heterocycles. The third-order valence-electron chi connectivity index (χ3n) is 5.22. The SMILES string of the molecule is O=C(Nc1cccc(F)c1)N1CCN(c2ccccc2N2CCOCC2)CC1. The number of benzene rings is 2. The molecule has 2 amide bonds. The van der Waals surface area contributed by atoms with Gasteiger partial charge in [0.1, 0.15) is 5.82 Å². The molecule has 2 aliphatic rings. The molecule has 2 aromatic rings. The average molecular weight is 384 g/mol. The molecular formula is C21H25FN4O2. The van der Waals surface area contributed by atoms with Crippen molar-refractivity contribution in [3.8, 4) is 0 Å². The second-order valence-electron chi connectivity index (χ2n) is 7.00. The molecule has 2 aromatic carbocycles. The molecule has 0 spiro atoms. The van der Waals surface area contributed by atoms with Gasteiger partial charge in [-0.25, -0.2) is 9.18 Å². The van der Waals surface area contributed by atoms with Crippen LogP contribution in [-0.2, 0) is 4.74 Å². The van der Waals surface area contributed by atoms with Crippen molar-refractivity contribution in [3.63, 3.8) is 0 Å². The summed E-state index contributed by atoms with van der Waals surface area (Å²) in [4.78, 5) is 19.0. The van der Waals surface area contributed by atoms with Crippen LogP contribution in [0.1, 0.15) is 0 Å². The standard InChI is InChI=1S/C21H25FN4O2/c22-17-4-3-5-18(16-17)23-21(27)26-10-8-24(9-11-26)19-6-1-2-7-20(19)25-12-14-28-15-13-25/h1-7,16H,8-15H2,(H,23,27). The lowest BCUT2D eigenvalue weighted by Gasteiger charge is -2.39. The number of urea groups is 1. The Bertz CT molecular complexity index is 818. The average Bonchev–Trinajstić information content (AvgIpc) is 2.74. The van der Waals surface area contributed by atoms with Crippen LogP contribution in [0.4, 0.5) is 26.2 Å². The highest BCUT2D eigenvalue weighted by atomic mass is 19.1. The minimum Gasteiger partial charge on any atom is -0.378 e. The quantitative estimate of drug-likeness (QED) is 0.884. The number of halogens is 1. The summed E-state index contributed by atoms with van der Waals surface area (Å²) in [5, 5.41) is 2.78. The third-order valence-corrected chi connectivity index (χ3v) is 5.22. The highest BCUT2D eigenvalue weighted by Gasteiger charge is 2.24. The van der Waals surface area contributed by atoms with Crippen LogP contribution in [0.15, 0.2) is 48.5 Å². The van der Waals surface area contributed by atoms with Gasteiger partial charge in [0.25, 0.3) is 0 Å². The third kappa shape index (κ3) is 4.20. The van der Waals surface area contributed by atoms with E-state index in [1.807, 2.05) is 0 Å². The Morgan fingerprint density at radius 3 is 2.14 bits per heavy atom. The fourth-order valence-corrected chi connectivity index (χ4v) is 3.72. The monoisotopic (exact) mass is 384 g/mol. The molecule has 7 heteroatoms. The van der Waals surface area contributed by atoms with Crippen LogP contribution in [0.2, 0.25) is 0 Å². The van der Waals surface area contributed by atoms with Crippen LogP contribution < -0.4 is 15.1 Å². The van der Waals surface area contributed by atoms with Gasteiger partial charge in [-0.05, 0) is 30.3 Å². The number of nitrogens with zero attached hydrogens (tertiary/aromatic N) is 3. The molecule has 2 fully saturated rings. The van der Waals surface area contributed by atoms with E-state index in [2.05, 4.69) is 39.4 Å². The van der Waals surface area contributed by atoms with Gasteiger partial charge in [0.15, 0.2) is 0 Å². The molecule has 0 bridgehead atoms. The molecule has 0 atom stereocenters. The summed E-state index contributed by atoms with van der Waals surface area (Å²) in [6.07, 6.45) is 0. The molecule has 0 aromatic heterocycles. The van der Waals surface area contributed by atoms with Crippen LogP contribution in [0.5, 0.6) is 0 Å². The van der Waals surface area contributed by atoms with Crippen LogP contribution in [0, 0.1) is 5.82 Å². The number of carbonyl (C=O) groups excluding carboxylic acids is 1. The molecular weight excluding hydrogens is 359 g/mol. The van der Waals surface area contributed by atoms with Crippen molar-refractivity contribution in [2.24, 2.45) is 0 Å². The van der Waals surface area contributed by atoms with E-state index in [4.69, 9.17) is 4.74 Å². The molecule has 2 aliphatic heterocycles. The van der Waals surface area contributed by atoms with Crippen LogP contribution in [-0.4, -0.2) is 63.4 Å². The Kier molecular flexibility index (Phi) is 5.62. The fourth-order valence-electron chi connectivity index (χ4n) is 3.72. The zero-order chi connectivity index (χ0) is 19.3. The molecule has 28 heavy (non-hydrogen) atoms. The van der Waals surface area contributed by atoms with Gasteiger partial charge in [-0.2, -0.15) is 0 Å². The van der Waals surface area contributed by atoms with Crippen molar-refractivity contribution < 1.29 is 13.9 Å². The van der Waals surface area contributed by atoms with E-state index in [-0.39, 0.29) is 11.8 Å². The van der Waals surface area contributed by atoms with Gasteiger partial charge in [-0.3, -0.25) is 0 Å². The highest BCUT2D eigenvalue weighted by Crippen LogP contribution is 2.30. The predicted octanol–water partition coefficient (Wildman–Crippen LogP) is 3.02. The van der Waals surface area contributed by atoms with Crippen LogP contribution >= 0.6 is 0 Å². The Morgan fingerprint density at radius 1 is 0.857 bits per heavy atom. The van der Waals surface area contributed by atoms with Gasteiger partial charge < -0.3 is 24.8 Å². The minimum absolute atomic E-state index is 0.188. The molecule has 2 heterocycles. The summed E-state index contributed by atoms with van der Waals surface area (Å²) in [6.45, 7) is 6.07. The Labute approximate surface area is 164 Å². The van der Waals surface area contributed by atoms with E-state index >= 15 is 0 Å². The second-order valence-corrected chi connectivity index (χ2v) is 7.00. The number of anilines is 3. The topological polar surface area (TPSA) is 48.1 Å². The smallest absolute Gasteiger partial charge is 0.321 e. The van der Waals surface area contributed by atoms with Crippen molar-refractivity contribution in [1.82, 2.24) is 4.90 Å². The minimum atomic E-state index is -0.359. The first-order valence-corrected chi connectivity index (χ1v) is 9.69. The van der Waals surface area contributed by atoms with Gasteiger partial charge in [-0.15, -0.1) is 0 Å². The second kappa shape index (κ2) is 8.48. The molecule has 0 unspecified atom stereocenters. The van der Waals surface area contributed by atoms with E-state index in [1.165, 1.54) is 23.5 Å². The number of nitrogens with one attached hydrogen (secondary N) is 1. The van der Waals surface area contributed by atoms with Crippen molar-refractivity contribution in [2.75, 3.05) is 67.6 Å². The molecule has 148 valence electrons. The molecule has 0 saturated carbocycles. The molecule has 4 rings (SSSR count). The first-order valence-electron chi connectivity index (χ1n) is 9.69. The summed E-state index contributed by atoms with van der Waals surface area (Å²) in [5.41, 5.74) is 2.91. The zero-order valence-corrected chi connectivity index (χ0v) is 15.8. The van der Waals surface area contributed by atoms with Gasteiger partial charge in [0.2, 0.25) is 0 Å². The number of ether oxygens (including phenoxy) is 1. The van der Waals surface area contributed by atoms with E-state index < -0.39 is 0 Å². The van der Waals surface area contributed by atoms with Crippen LogP contribution in [0.3, 0.4) is 0 Å². The van der Waals surface area contributed by atoms with E-state index in [1.54, 1.807) is 17.0 Å². The van der Waals surface area contributed by atoms with Crippen molar-refractivity contribution in [3.05, 3.63) is 54.3 Å². The lowest BCUT2D eigenvalue weighted by Crippen LogP contribution is -2.50. The number of hydrogen-bond donors (Lipinski definition) is 1. The van der Waals surface area contributed by atoms with Crippen molar-refractivity contribution in [2.45, 2.75) is 0 Å². The van der Waals surface area contributed by atoms with Crippen molar-refractivity contribution >= 4 is 23.1 Å².